The van der Waals surface area contributed by atoms with Crippen LogP contribution >= 0.6 is 0 Å². The highest BCUT2D eigenvalue weighted by molar-refractivity contribution is 5.77. The first kappa shape index (κ1) is 11.7. The number of carboxylic acid groups (broad SMARTS) is 1. The highest BCUT2D eigenvalue weighted by Crippen LogP contribution is 2.44. The number of rotatable bonds is 2. The van der Waals surface area contributed by atoms with Gasteiger partial charge in [-0.15, -0.1) is 0 Å². The predicted molar refractivity (Wildman–Crippen MR) is 70.4 cm³/mol. The van der Waals surface area contributed by atoms with Gasteiger partial charge in [0, 0.05) is 17.0 Å². The Balaban J connectivity index is 2.19. The van der Waals surface area contributed by atoms with Crippen molar-refractivity contribution in [2.75, 3.05) is 0 Å². The van der Waals surface area contributed by atoms with E-state index >= 15 is 0 Å². The summed E-state index contributed by atoms with van der Waals surface area (Å²) >= 11 is 0. The zero-order chi connectivity index (χ0) is 13.4. The molecular weight excluding hydrogens is 242 g/mol. The molecule has 0 fully saturated rings. The lowest BCUT2D eigenvalue weighted by atomic mass is 9.83. The van der Waals surface area contributed by atoms with Crippen molar-refractivity contribution < 1.29 is 14.6 Å². The molecule has 3 N–H and O–H groups in total. The van der Waals surface area contributed by atoms with Crippen LogP contribution in [0.15, 0.2) is 48.5 Å². The molecule has 0 aliphatic carbocycles. The molecule has 1 atom stereocenters. The maximum atomic E-state index is 11.3. The summed E-state index contributed by atoms with van der Waals surface area (Å²) < 4.78 is 5.79. The molecule has 4 nitrogen and oxygen atoms in total. The van der Waals surface area contributed by atoms with Gasteiger partial charge >= 0.3 is 5.97 Å². The van der Waals surface area contributed by atoms with Gasteiger partial charge in [-0.3, -0.25) is 4.79 Å². The second-order valence-electron chi connectivity index (χ2n) is 4.52. The third-order valence-corrected chi connectivity index (χ3v) is 3.37. The Labute approximate surface area is 110 Å². The minimum atomic E-state index is -1.02. The van der Waals surface area contributed by atoms with E-state index in [-0.39, 0.29) is 0 Å². The molecule has 3 rings (SSSR count). The Hall–Kier alpha value is -2.33. The summed E-state index contributed by atoms with van der Waals surface area (Å²) in [7, 11) is 0. The highest BCUT2D eigenvalue weighted by atomic mass is 16.5. The topological polar surface area (TPSA) is 72.6 Å². The Morgan fingerprint density at radius 3 is 2.00 bits per heavy atom. The number of nitrogens with two attached hydrogens (primary N) is 1. The molecule has 4 heteroatoms. The van der Waals surface area contributed by atoms with Gasteiger partial charge < -0.3 is 15.6 Å². The summed E-state index contributed by atoms with van der Waals surface area (Å²) in [6, 6.07) is 13.8. The van der Waals surface area contributed by atoms with Crippen molar-refractivity contribution >= 4 is 5.97 Å². The van der Waals surface area contributed by atoms with Gasteiger partial charge in [-0.1, -0.05) is 36.4 Å². The maximum absolute atomic E-state index is 11.3. The number of aliphatic carboxylic acids is 1. The van der Waals surface area contributed by atoms with Crippen LogP contribution in [0.4, 0.5) is 0 Å². The summed E-state index contributed by atoms with van der Waals surface area (Å²) in [5, 5.41) is 9.22. The number of hydrogen-bond acceptors (Lipinski definition) is 3. The number of fused-ring (bicyclic) bond motifs is 2. The van der Waals surface area contributed by atoms with Crippen molar-refractivity contribution in [1.82, 2.24) is 0 Å². The lowest BCUT2D eigenvalue weighted by molar-refractivity contribution is -0.138. The molecule has 2 aromatic rings. The minimum absolute atomic E-state index is 0.390. The SMILES string of the molecule is N[C@@H](C(=O)O)C1c2ccccc2Oc2ccccc21. The van der Waals surface area contributed by atoms with E-state index in [2.05, 4.69) is 0 Å². The van der Waals surface area contributed by atoms with E-state index in [0.29, 0.717) is 11.5 Å². The van der Waals surface area contributed by atoms with E-state index in [1.165, 1.54) is 0 Å². The first-order valence-corrected chi connectivity index (χ1v) is 6.02. The van der Waals surface area contributed by atoms with Crippen LogP contribution in [0.3, 0.4) is 0 Å². The van der Waals surface area contributed by atoms with E-state index < -0.39 is 17.9 Å². The second kappa shape index (κ2) is 4.40. The van der Waals surface area contributed by atoms with Crippen molar-refractivity contribution in [3.63, 3.8) is 0 Å². The maximum Gasteiger partial charge on any atom is 0.321 e. The molecule has 0 spiro atoms. The third kappa shape index (κ3) is 1.86. The van der Waals surface area contributed by atoms with E-state index in [9.17, 15) is 9.90 Å². The van der Waals surface area contributed by atoms with Gasteiger partial charge in [0.2, 0.25) is 0 Å². The second-order valence-corrected chi connectivity index (χ2v) is 4.52. The highest BCUT2D eigenvalue weighted by Gasteiger charge is 2.34. The van der Waals surface area contributed by atoms with Crippen molar-refractivity contribution in [3.05, 3.63) is 59.7 Å². The molecule has 0 bridgehead atoms. The van der Waals surface area contributed by atoms with Crippen molar-refractivity contribution in [2.24, 2.45) is 5.73 Å². The molecule has 0 unspecified atom stereocenters. The number of carbonyl (C=O) groups is 1. The van der Waals surface area contributed by atoms with Crippen molar-refractivity contribution in [1.29, 1.82) is 0 Å². The van der Waals surface area contributed by atoms with Gasteiger partial charge in [0.1, 0.15) is 17.5 Å². The minimum Gasteiger partial charge on any atom is -0.480 e. The summed E-state index contributed by atoms with van der Waals surface area (Å²) in [5.74, 6) is -0.0686. The molecule has 0 aromatic heterocycles. The van der Waals surface area contributed by atoms with Gasteiger partial charge in [-0.05, 0) is 12.1 Å². The Morgan fingerprint density at radius 1 is 1.05 bits per heavy atom. The quantitative estimate of drug-likeness (QED) is 0.863. The Bertz CT molecular complexity index is 593. The van der Waals surface area contributed by atoms with Gasteiger partial charge in [0.15, 0.2) is 0 Å². The number of carboxylic acids is 1. The van der Waals surface area contributed by atoms with Crippen LogP contribution in [0.1, 0.15) is 17.0 Å². The fourth-order valence-electron chi connectivity index (χ4n) is 2.48. The van der Waals surface area contributed by atoms with Crippen molar-refractivity contribution in [2.45, 2.75) is 12.0 Å². The summed E-state index contributed by atoms with van der Waals surface area (Å²) in [6.07, 6.45) is 0. The molecule has 0 radical (unpaired) electrons. The first-order chi connectivity index (χ1) is 9.18. The van der Waals surface area contributed by atoms with E-state index in [1.807, 2.05) is 48.5 Å². The van der Waals surface area contributed by atoms with Crippen LogP contribution in [0.2, 0.25) is 0 Å². The summed E-state index contributed by atoms with van der Waals surface area (Å²) in [4.78, 5) is 11.3. The zero-order valence-corrected chi connectivity index (χ0v) is 10.1. The van der Waals surface area contributed by atoms with E-state index in [0.717, 1.165) is 11.1 Å². The molecule has 1 heterocycles. The molecule has 1 aliphatic rings. The predicted octanol–water partition coefficient (Wildman–Crippen LogP) is 2.34. The fraction of sp³-hybridized carbons (Fsp3) is 0.133. The number of para-hydroxylation sites is 2. The largest absolute Gasteiger partial charge is 0.480 e. The molecule has 0 amide bonds. The van der Waals surface area contributed by atoms with Crippen LogP contribution in [0, 0.1) is 0 Å². The zero-order valence-electron chi connectivity index (χ0n) is 10.1. The van der Waals surface area contributed by atoms with Gasteiger partial charge in [0.25, 0.3) is 0 Å². The molecular formula is C15H13NO3. The first-order valence-electron chi connectivity index (χ1n) is 6.02. The lowest BCUT2D eigenvalue weighted by Crippen LogP contribution is -2.38. The number of hydrogen-bond donors (Lipinski definition) is 2. The van der Waals surface area contributed by atoms with Gasteiger partial charge in [-0.25, -0.2) is 0 Å². The third-order valence-electron chi connectivity index (χ3n) is 3.37. The van der Waals surface area contributed by atoms with Gasteiger partial charge in [-0.2, -0.15) is 0 Å². The molecule has 2 aromatic carbocycles. The molecule has 96 valence electrons. The standard InChI is InChI=1S/C15H13NO3/c16-14(15(17)18)13-9-5-1-3-7-11(9)19-12-8-4-2-6-10(12)13/h1-8,13-14H,16H2,(H,17,18)/t14-/m1/s1. The van der Waals surface area contributed by atoms with Crippen LogP contribution < -0.4 is 10.5 Å². The Kier molecular flexibility index (Phi) is 2.72. The van der Waals surface area contributed by atoms with Crippen LogP contribution in [0.5, 0.6) is 11.5 Å². The molecule has 19 heavy (non-hydrogen) atoms. The monoisotopic (exact) mass is 255 g/mol. The average molecular weight is 255 g/mol. The molecule has 1 aliphatic heterocycles. The average Bonchev–Trinajstić information content (AvgIpc) is 2.43. The summed E-state index contributed by atoms with van der Waals surface area (Å²) in [6.45, 7) is 0. The smallest absolute Gasteiger partial charge is 0.321 e. The Morgan fingerprint density at radius 2 is 1.53 bits per heavy atom. The van der Waals surface area contributed by atoms with Gasteiger partial charge in [0.05, 0.1) is 0 Å². The molecule has 0 saturated heterocycles. The summed E-state index contributed by atoms with van der Waals surface area (Å²) in [5.41, 5.74) is 7.50. The number of ether oxygens (including phenoxy) is 1. The van der Waals surface area contributed by atoms with Crippen molar-refractivity contribution in [3.8, 4) is 11.5 Å². The normalized spacial score (nSPS) is 15.0. The lowest BCUT2D eigenvalue weighted by Gasteiger charge is -2.30. The van der Waals surface area contributed by atoms with Crippen LogP contribution in [-0.2, 0) is 4.79 Å². The van der Waals surface area contributed by atoms with Crippen LogP contribution in [0.25, 0.3) is 0 Å². The van der Waals surface area contributed by atoms with Crippen LogP contribution in [-0.4, -0.2) is 17.1 Å². The van der Waals surface area contributed by atoms with E-state index in [1.54, 1.807) is 0 Å². The van der Waals surface area contributed by atoms with E-state index in [4.69, 9.17) is 10.5 Å². The fourth-order valence-corrected chi connectivity index (χ4v) is 2.48. The number of benzene rings is 2. The molecule has 0 saturated carbocycles.